The van der Waals surface area contributed by atoms with Crippen molar-refractivity contribution in [2.75, 3.05) is 0 Å². The molecule has 37 heteroatoms. The maximum absolute atomic E-state index is 15.7. The van der Waals surface area contributed by atoms with Gasteiger partial charge >= 0.3 is 47.4 Å². The minimum Gasteiger partial charge on any atom is -0.422 e. The van der Waals surface area contributed by atoms with Crippen LogP contribution in [0.25, 0.3) is 0 Å². The highest BCUT2D eigenvalue weighted by molar-refractivity contribution is 6.94. The molecule has 2 atom stereocenters. The lowest BCUT2D eigenvalue weighted by molar-refractivity contribution is 0.158. The Balaban J connectivity index is 3.13. The van der Waals surface area contributed by atoms with Crippen molar-refractivity contribution in [2.24, 2.45) is 0 Å². The number of hydrogen-bond acceptors (Lipinski definition) is 10. The van der Waals surface area contributed by atoms with Crippen LogP contribution in [0, 0.1) is 58.2 Å². The maximum atomic E-state index is 15.7. The van der Waals surface area contributed by atoms with Crippen molar-refractivity contribution in [2.45, 2.75) is 0 Å². The maximum Gasteiger partial charge on any atom is 0.547 e. The molecule has 53 heavy (non-hydrogen) atoms. The van der Waals surface area contributed by atoms with E-state index in [0.29, 0.717) is 0 Å². The van der Waals surface area contributed by atoms with Gasteiger partial charge in [-0.2, -0.15) is 17.6 Å². The third-order valence-corrected chi connectivity index (χ3v) is 31.3. The summed E-state index contributed by atoms with van der Waals surface area (Å²) in [7, 11) is -34.0. The zero-order valence-electron chi connectivity index (χ0n) is 26.8. The van der Waals surface area contributed by atoms with Gasteiger partial charge in [0, 0.05) is 0 Å². The van der Waals surface area contributed by atoms with Crippen LogP contribution in [0.3, 0.4) is 0 Å². The summed E-state index contributed by atoms with van der Waals surface area (Å²) < 4.78 is 281. The van der Waals surface area contributed by atoms with Crippen molar-refractivity contribution in [1.82, 2.24) is 0 Å². The van der Waals surface area contributed by atoms with E-state index in [1.165, 1.54) is 0 Å². The molecule has 2 aromatic rings. The van der Waals surface area contributed by atoms with Gasteiger partial charge in [0.1, 0.15) is 62.9 Å². The van der Waals surface area contributed by atoms with Crippen LogP contribution >= 0.6 is 0 Å². The first-order chi connectivity index (χ1) is 24.5. The van der Waals surface area contributed by atoms with Crippen LogP contribution in [0.2, 0.25) is 0 Å². The molecule has 0 aliphatic carbocycles. The molecule has 0 aliphatic rings. The zero-order valence-corrected chi connectivity index (χ0v) is 44.3. The molecule has 0 fully saturated rings. The summed E-state index contributed by atoms with van der Waals surface area (Å²) in [5.41, 5.74) is -5.57. The van der Waals surface area contributed by atoms with Crippen LogP contribution in [0.1, 0.15) is 0 Å². The van der Waals surface area contributed by atoms with Gasteiger partial charge in [-0.25, -0.2) is 52.7 Å². The molecule has 300 valence electrons. The molecular weight excluding hydrogens is 965 g/mol. The van der Waals surface area contributed by atoms with Gasteiger partial charge in [0.25, 0.3) is 10.0 Å². The molecule has 0 aromatic heterocycles. The lowest BCUT2D eigenvalue weighted by Crippen LogP contribution is -2.72. The molecule has 0 heterocycles. The normalized spacial score (nSPS) is 17.0. The number of benzene rings is 2. The summed E-state index contributed by atoms with van der Waals surface area (Å²) in [6.07, 6.45) is -6.63. The Morgan fingerprint density at radius 3 is 0.962 bits per heavy atom. The Hall–Kier alpha value is -1.21. The second kappa shape index (κ2) is 18.8. The van der Waals surface area contributed by atoms with Gasteiger partial charge in [-0.05, 0) is 0 Å². The highest BCUT2D eigenvalue weighted by Crippen LogP contribution is 2.35. The third-order valence-electron chi connectivity index (χ3n) is 6.55. The summed E-state index contributed by atoms with van der Waals surface area (Å²) in [6, 6.07) is 0. The molecule has 0 radical (unpaired) electrons. The van der Waals surface area contributed by atoms with Crippen molar-refractivity contribution in [1.29, 1.82) is 0 Å². The van der Waals surface area contributed by atoms with E-state index < -0.39 is 200 Å². The molecule has 0 spiro atoms. The zero-order chi connectivity index (χ0) is 41.0. The van der Waals surface area contributed by atoms with Crippen molar-refractivity contribution >= 4 is 119 Å². The van der Waals surface area contributed by atoms with Crippen LogP contribution in [0.5, 0.6) is 0 Å². The molecule has 2 rings (SSSR count). The average Bonchev–Trinajstić information content (AvgIpc) is 3.14. The first kappa shape index (κ1) is 47.9. The van der Waals surface area contributed by atoms with Crippen LogP contribution in [0.15, 0.2) is 23.1 Å². The predicted molar refractivity (Wildman–Crippen MR) is 174 cm³/mol. The van der Waals surface area contributed by atoms with Crippen LogP contribution in [0.4, 0.5) is 70.2 Å². The van der Waals surface area contributed by atoms with E-state index in [9.17, 15) is 48.3 Å². The van der Waals surface area contributed by atoms with Crippen LogP contribution in [-0.4, -0.2) is 108 Å². The Labute approximate surface area is 310 Å². The quantitative estimate of drug-likeness (QED) is 0.0639. The van der Waals surface area contributed by atoms with Crippen molar-refractivity contribution in [3.8, 4) is 0 Å². The standard InChI is InChI=1S/C16H20F16O10Si11/c17-1-3(19)7(23)11(8(24)4(1)20)50(33-43,34-44)41-53(38-48,16(32)14(29)30)42-51(35-45,12-9(25)5(21)2(18)6(22)10(12)26)39-49-40-52(36-46,37-47)15(31)13(27)28/h49H2,43-48H3. The summed E-state index contributed by atoms with van der Waals surface area (Å²) in [4.78, 5) is 0. The van der Waals surface area contributed by atoms with E-state index in [1.807, 2.05) is 0 Å². The summed E-state index contributed by atoms with van der Waals surface area (Å²) in [6.45, 7) is 0. The van der Waals surface area contributed by atoms with Crippen LogP contribution < -0.4 is 10.4 Å². The Kier molecular flexibility index (Phi) is 17.0. The molecule has 0 N–H and O–H groups in total. The van der Waals surface area contributed by atoms with Crippen molar-refractivity contribution in [3.05, 3.63) is 81.2 Å². The second-order valence-corrected chi connectivity index (χ2v) is 29.4. The Morgan fingerprint density at radius 2 is 0.660 bits per heavy atom. The molecule has 10 nitrogen and oxygen atoms in total. The van der Waals surface area contributed by atoms with Crippen molar-refractivity contribution in [3.63, 3.8) is 0 Å². The SMILES string of the molecule is FC(F)=C(F)[Si](O[SiH3])(O[SiH3])O[SiH2]O[Si](O[SiH3])(O[Si](O[SiH3])(O[Si](O[SiH3])(O[SiH3])c1c(F)c(F)c(F)c(F)c1F)C(F)=C(F)F)c1c(F)c(F)c(F)c(F)c1F. The fraction of sp³-hybridized carbons (Fsp3) is 0. The van der Waals surface area contributed by atoms with Gasteiger partial charge < -0.3 is 41.2 Å². The Morgan fingerprint density at radius 1 is 0.377 bits per heavy atom. The molecule has 0 saturated carbocycles. The molecule has 0 aliphatic heterocycles. The number of halogens is 16. The fourth-order valence-electron chi connectivity index (χ4n) is 4.02. The largest absolute Gasteiger partial charge is 0.547 e. The van der Waals surface area contributed by atoms with E-state index in [2.05, 4.69) is 0 Å². The van der Waals surface area contributed by atoms with Gasteiger partial charge in [-0.3, -0.25) is 0 Å². The Bertz CT molecular complexity index is 1700. The fourth-order valence-corrected chi connectivity index (χ4v) is 33.7. The van der Waals surface area contributed by atoms with Gasteiger partial charge in [-0.15, -0.1) is 0 Å². The topological polar surface area (TPSA) is 92.3 Å². The first-order valence-electron chi connectivity index (χ1n) is 13.0. The summed E-state index contributed by atoms with van der Waals surface area (Å²) >= 11 is 0. The molecule has 0 amide bonds. The molecule has 0 saturated heterocycles. The van der Waals surface area contributed by atoms with Crippen LogP contribution in [-0.2, 0) is 41.2 Å². The first-order valence-corrected chi connectivity index (χ1v) is 26.0. The second-order valence-electron chi connectivity index (χ2n) is 9.10. The van der Waals surface area contributed by atoms with Gasteiger partial charge in [0.2, 0.25) is 22.5 Å². The molecule has 2 unspecified atom stereocenters. The summed E-state index contributed by atoms with van der Waals surface area (Å²) in [5, 5.41) is -4.52. The molecule has 2 aromatic carbocycles. The van der Waals surface area contributed by atoms with E-state index in [-0.39, 0.29) is 0 Å². The van der Waals surface area contributed by atoms with E-state index >= 15 is 22.0 Å². The van der Waals surface area contributed by atoms with Gasteiger partial charge in [-0.1, -0.05) is 0 Å². The number of rotatable bonds is 18. The molecule has 0 bridgehead atoms. The third kappa shape index (κ3) is 8.86. The lowest BCUT2D eigenvalue weighted by atomic mass is 10.3. The lowest BCUT2D eigenvalue weighted by Gasteiger charge is -2.41. The van der Waals surface area contributed by atoms with Gasteiger partial charge in [0.15, 0.2) is 46.5 Å². The monoisotopic (exact) mass is 984 g/mol. The predicted octanol–water partition coefficient (Wildman–Crippen LogP) is -3.97. The highest BCUT2D eigenvalue weighted by Gasteiger charge is 2.66. The average molecular weight is 985 g/mol. The highest BCUT2D eigenvalue weighted by atomic mass is 28.5. The van der Waals surface area contributed by atoms with E-state index in [1.54, 1.807) is 0 Å². The van der Waals surface area contributed by atoms with Crippen molar-refractivity contribution < 1.29 is 111 Å². The van der Waals surface area contributed by atoms with E-state index in [0.717, 1.165) is 0 Å². The number of hydrogen-bond donors (Lipinski definition) is 0. The van der Waals surface area contributed by atoms with Gasteiger partial charge in [0.05, 0.1) is 10.4 Å². The minimum absolute atomic E-state index is 0.640. The smallest absolute Gasteiger partial charge is 0.422 e. The molecular formula is C16H20F16O10Si11. The van der Waals surface area contributed by atoms with E-state index in [4.69, 9.17) is 41.2 Å². The minimum atomic E-state index is -6.88. The summed E-state index contributed by atoms with van der Waals surface area (Å²) in [5.74, 6) is -28.1.